The van der Waals surface area contributed by atoms with E-state index in [2.05, 4.69) is 0 Å². The Morgan fingerprint density at radius 3 is 2.56 bits per heavy atom. The molecule has 0 saturated heterocycles. The molecule has 0 aliphatic heterocycles. The zero-order chi connectivity index (χ0) is 12.0. The summed E-state index contributed by atoms with van der Waals surface area (Å²) in [5.41, 5.74) is 0. The van der Waals surface area contributed by atoms with Crippen LogP contribution in [0.2, 0.25) is 4.82 Å². The van der Waals surface area contributed by atoms with E-state index in [9.17, 15) is 9.18 Å². The SMILES string of the molecule is CCOC(=O)C([Se]c1ccccc1)C(C)F. The van der Waals surface area contributed by atoms with Crippen LogP contribution in [0.3, 0.4) is 0 Å². The number of benzene rings is 1. The number of alkyl halides is 1. The average Bonchev–Trinajstić information content (AvgIpc) is 2.27. The number of rotatable bonds is 5. The molecule has 0 bridgehead atoms. The molecule has 0 aromatic heterocycles. The third-order valence-corrected chi connectivity index (χ3v) is 4.81. The molecular weight excluding hydrogens is 274 g/mol. The number of carbonyl (C=O) groups is 1. The molecule has 0 saturated carbocycles. The Bertz CT molecular complexity index is 327. The van der Waals surface area contributed by atoms with Crippen LogP contribution in [0.1, 0.15) is 13.8 Å². The molecule has 0 fully saturated rings. The van der Waals surface area contributed by atoms with Gasteiger partial charge in [-0.1, -0.05) is 0 Å². The summed E-state index contributed by atoms with van der Waals surface area (Å²) in [5.74, 6) is -0.429. The Kier molecular flexibility index (Phi) is 5.50. The second-order valence-electron chi connectivity index (χ2n) is 3.28. The molecule has 1 aromatic carbocycles. The number of ether oxygens (including phenoxy) is 1. The summed E-state index contributed by atoms with van der Waals surface area (Å²) < 4.78 is 19.2. The molecule has 1 rings (SSSR count). The predicted octanol–water partition coefficient (Wildman–Crippen LogP) is 1.73. The van der Waals surface area contributed by atoms with Gasteiger partial charge in [0, 0.05) is 0 Å². The van der Waals surface area contributed by atoms with Crippen LogP contribution in [0, 0.1) is 0 Å². The summed E-state index contributed by atoms with van der Waals surface area (Å²) in [5, 5.41) is 0. The van der Waals surface area contributed by atoms with E-state index in [0.29, 0.717) is 6.61 Å². The maximum atomic E-state index is 13.3. The molecular formula is C12H15FO2Se. The normalized spacial score (nSPS) is 14.2. The molecule has 0 spiro atoms. The number of carbonyl (C=O) groups excluding carboxylic acids is 1. The van der Waals surface area contributed by atoms with Gasteiger partial charge in [-0.2, -0.15) is 0 Å². The zero-order valence-electron chi connectivity index (χ0n) is 9.35. The first kappa shape index (κ1) is 13.2. The first-order valence-electron chi connectivity index (χ1n) is 5.17. The van der Waals surface area contributed by atoms with Crippen LogP contribution in [0.25, 0.3) is 0 Å². The van der Waals surface area contributed by atoms with Crippen molar-refractivity contribution in [3.8, 4) is 0 Å². The van der Waals surface area contributed by atoms with Crippen molar-refractivity contribution in [2.75, 3.05) is 6.61 Å². The van der Waals surface area contributed by atoms with Crippen molar-refractivity contribution in [3.05, 3.63) is 30.3 Å². The van der Waals surface area contributed by atoms with Crippen molar-refractivity contribution in [3.63, 3.8) is 0 Å². The van der Waals surface area contributed by atoms with Gasteiger partial charge in [0.2, 0.25) is 0 Å². The van der Waals surface area contributed by atoms with E-state index in [0.717, 1.165) is 4.46 Å². The molecule has 0 radical (unpaired) electrons. The summed E-state index contributed by atoms with van der Waals surface area (Å²) >= 11 is -0.221. The standard InChI is InChI=1S/C12H15FO2Se/c1-3-15-12(14)11(9(2)13)16-10-7-5-4-6-8-10/h4-9,11H,3H2,1-2H3. The summed E-state index contributed by atoms with van der Waals surface area (Å²) in [6, 6.07) is 9.51. The zero-order valence-corrected chi connectivity index (χ0v) is 11.1. The Balaban J connectivity index is 2.69. The fourth-order valence-corrected chi connectivity index (χ4v) is 3.21. The van der Waals surface area contributed by atoms with Crippen molar-refractivity contribution in [1.29, 1.82) is 0 Å². The molecule has 2 atom stereocenters. The summed E-state index contributed by atoms with van der Waals surface area (Å²) in [7, 11) is 0. The van der Waals surface area contributed by atoms with Crippen molar-refractivity contribution >= 4 is 25.4 Å². The van der Waals surface area contributed by atoms with E-state index >= 15 is 0 Å². The first-order chi connectivity index (χ1) is 7.65. The molecule has 0 aliphatic carbocycles. The van der Waals surface area contributed by atoms with Crippen LogP contribution in [-0.4, -0.2) is 33.7 Å². The molecule has 0 aliphatic rings. The fraction of sp³-hybridized carbons (Fsp3) is 0.417. The van der Waals surface area contributed by atoms with E-state index in [4.69, 9.17) is 4.74 Å². The van der Waals surface area contributed by atoms with Crippen LogP contribution in [0.4, 0.5) is 4.39 Å². The van der Waals surface area contributed by atoms with E-state index in [1.807, 2.05) is 30.3 Å². The second-order valence-corrected chi connectivity index (χ2v) is 5.83. The third-order valence-electron chi connectivity index (χ3n) is 1.94. The molecule has 16 heavy (non-hydrogen) atoms. The maximum absolute atomic E-state index is 13.3. The second kappa shape index (κ2) is 6.66. The minimum atomic E-state index is -1.17. The van der Waals surface area contributed by atoms with Gasteiger partial charge in [-0.15, -0.1) is 0 Å². The Labute approximate surface area is 101 Å². The predicted molar refractivity (Wildman–Crippen MR) is 62.8 cm³/mol. The van der Waals surface area contributed by atoms with Gasteiger partial charge in [-0.05, 0) is 0 Å². The molecule has 4 heteroatoms. The Morgan fingerprint density at radius 2 is 2.06 bits per heavy atom. The van der Waals surface area contributed by atoms with Crippen LogP contribution in [0.5, 0.6) is 0 Å². The van der Waals surface area contributed by atoms with Crippen LogP contribution in [-0.2, 0) is 9.53 Å². The van der Waals surface area contributed by atoms with Crippen molar-refractivity contribution in [2.45, 2.75) is 24.8 Å². The van der Waals surface area contributed by atoms with Gasteiger partial charge in [0.1, 0.15) is 0 Å². The summed E-state index contributed by atoms with van der Waals surface area (Å²) in [6.45, 7) is 3.44. The number of hydrogen-bond donors (Lipinski definition) is 0. The van der Waals surface area contributed by atoms with Crippen LogP contribution >= 0.6 is 0 Å². The van der Waals surface area contributed by atoms with Gasteiger partial charge >= 0.3 is 101 Å². The van der Waals surface area contributed by atoms with Gasteiger partial charge in [0.05, 0.1) is 0 Å². The Hall–Kier alpha value is -0.861. The number of esters is 1. The molecule has 88 valence electrons. The van der Waals surface area contributed by atoms with Gasteiger partial charge in [0.25, 0.3) is 0 Å². The minimum absolute atomic E-state index is 0.221. The van der Waals surface area contributed by atoms with Gasteiger partial charge in [0.15, 0.2) is 0 Å². The molecule has 0 amide bonds. The quantitative estimate of drug-likeness (QED) is 0.609. The van der Waals surface area contributed by atoms with Crippen molar-refractivity contribution < 1.29 is 13.9 Å². The third kappa shape index (κ3) is 3.95. The summed E-state index contributed by atoms with van der Waals surface area (Å²) in [6.07, 6.45) is -1.17. The van der Waals surface area contributed by atoms with Crippen LogP contribution in [0.15, 0.2) is 30.3 Å². The van der Waals surface area contributed by atoms with Crippen molar-refractivity contribution in [1.82, 2.24) is 0 Å². The fourth-order valence-electron chi connectivity index (χ4n) is 1.20. The molecule has 1 aromatic rings. The topological polar surface area (TPSA) is 26.3 Å². The van der Waals surface area contributed by atoms with Gasteiger partial charge in [-0.3, -0.25) is 0 Å². The first-order valence-corrected chi connectivity index (χ1v) is 7.02. The Morgan fingerprint density at radius 1 is 1.44 bits per heavy atom. The van der Waals surface area contributed by atoms with E-state index < -0.39 is 17.0 Å². The molecule has 2 nitrogen and oxygen atoms in total. The number of halogens is 1. The van der Waals surface area contributed by atoms with E-state index in [-0.39, 0.29) is 15.0 Å². The van der Waals surface area contributed by atoms with E-state index in [1.165, 1.54) is 6.92 Å². The van der Waals surface area contributed by atoms with E-state index in [1.54, 1.807) is 6.92 Å². The molecule has 2 unspecified atom stereocenters. The van der Waals surface area contributed by atoms with Gasteiger partial charge < -0.3 is 0 Å². The van der Waals surface area contributed by atoms with Crippen LogP contribution < -0.4 is 4.46 Å². The van der Waals surface area contributed by atoms with Gasteiger partial charge in [-0.25, -0.2) is 0 Å². The number of hydrogen-bond acceptors (Lipinski definition) is 2. The average molecular weight is 289 g/mol. The molecule has 0 heterocycles. The monoisotopic (exact) mass is 290 g/mol. The molecule has 0 N–H and O–H groups in total. The van der Waals surface area contributed by atoms with Crippen molar-refractivity contribution in [2.24, 2.45) is 0 Å². The summed E-state index contributed by atoms with van der Waals surface area (Å²) in [4.78, 5) is 10.9.